The second-order valence-electron chi connectivity index (χ2n) is 6.16. The first-order valence-corrected chi connectivity index (χ1v) is 8.51. The third-order valence-corrected chi connectivity index (χ3v) is 4.55. The fourth-order valence-corrected chi connectivity index (χ4v) is 3.22. The predicted octanol–water partition coefficient (Wildman–Crippen LogP) is 4.57. The topological polar surface area (TPSA) is 38.8 Å². The summed E-state index contributed by atoms with van der Waals surface area (Å²) in [7, 11) is 1.64. The average Bonchev–Trinajstić information content (AvgIpc) is 3.04. The molecule has 0 N–H and O–H groups in total. The minimum Gasteiger partial charge on any atom is -0.497 e. The van der Waals surface area contributed by atoms with Crippen LogP contribution >= 0.6 is 0 Å². The van der Waals surface area contributed by atoms with E-state index in [2.05, 4.69) is 17.0 Å². The molecule has 0 fully saturated rings. The van der Waals surface area contributed by atoms with Gasteiger partial charge in [-0.2, -0.15) is 0 Å². The molecule has 0 aliphatic carbocycles. The lowest BCUT2D eigenvalue weighted by atomic mass is 10.1. The molecule has 4 rings (SSSR count). The quantitative estimate of drug-likeness (QED) is 0.635. The fraction of sp³-hybridized carbons (Fsp3) is 0.136. The summed E-state index contributed by atoms with van der Waals surface area (Å²) in [5.41, 5.74) is 3.63. The number of esters is 1. The number of rotatable bonds is 5. The van der Waals surface area contributed by atoms with Crippen molar-refractivity contribution in [2.24, 2.45) is 0 Å². The van der Waals surface area contributed by atoms with Gasteiger partial charge in [0.15, 0.2) is 0 Å². The molecule has 0 aromatic heterocycles. The maximum atomic E-state index is 12.3. The molecule has 0 spiro atoms. The van der Waals surface area contributed by atoms with Crippen LogP contribution in [0.1, 0.15) is 27.7 Å². The highest BCUT2D eigenvalue weighted by molar-refractivity contribution is 5.94. The SMILES string of the molecule is COc1ccc(N(Cc2ccccc2)C2OC(=O)c3ccccc32)cc1. The van der Waals surface area contributed by atoms with Gasteiger partial charge >= 0.3 is 5.97 Å². The summed E-state index contributed by atoms with van der Waals surface area (Å²) >= 11 is 0. The molecule has 0 saturated carbocycles. The summed E-state index contributed by atoms with van der Waals surface area (Å²) in [6.45, 7) is 0.624. The number of anilines is 1. The third kappa shape index (κ3) is 3.02. The van der Waals surface area contributed by atoms with Gasteiger partial charge in [0.05, 0.1) is 12.7 Å². The van der Waals surface area contributed by atoms with Gasteiger partial charge in [0.25, 0.3) is 0 Å². The Hall–Kier alpha value is -3.27. The van der Waals surface area contributed by atoms with Crippen LogP contribution in [0.5, 0.6) is 5.75 Å². The van der Waals surface area contributed by atoms with Crippen LogP contribution < -0.4 is 9.64 Å². The van der Waals surface area contributed by atoms with Crippen molar-refractivity contribution < 1.29 is 14.3 Å². The van der Waals surface area contributed by atoms with Crippen molar-refractivity contribution in [3.63, 3.8) is 0 Å². The van der Waals surface area contributed by atoms with Gasteiger partial charge in [-0.25, -0.2) is 4.79 Å². The smallest absolute Gasteiger partial charge is 0.340 e. The number of benzene rings is 3. The summed E-state index contributed by atoms with van der Waals surface area (Å²) < 4.78 is 11.0. The van der Waals surface area contributed by atoms with E-state index in [9.17, 15) is 4.79 Å². The Morgan fingerprint density at radius 1 is 0.923 bits per heavy atom. The minimum absolute atomic E-state index is 0.280. The maximum Gasteiger partial charge on any atom is 0.340 e. The van der Waals surface area contributed by atoms with Crippen molar-refractivity contribution >= 4 is 11.7 Å². The molecular formula is C22H19NO3. The van der Waals surface area contributed by atoms with E-state index in [1.807, 2.05) is 66.7 Å². The number of cyclic esters (lactones) is 1. The number of methoxy groups -OCH3 is 1. The Labute approximate surface area is 152 Å². The highest BCUT2D eigenvalue weighted by atomic mass is 16.6. The molecule has 4 heteroatoms. The molecule has 0 amide bonds. The molecule has 1 unspecified atom stereocenters. The first kappa shape index (κ1) is 16.2. The molecule has 1 heterocycles. The Balaban J connectivity index is 1.74. The van der Waals surface area contributed by atoms with E-state index in [4.69, 9.17) is 9.47 Å². The van der Waals surface area contributed by atoms with Gasteiger partial charge in [0.1, 0.15) is 5.75 Å². The lowest BCUT2D eigenvalue weighted by molar-refractivity contribution is 0.0374. The Morgan fingerprint density at radius 2 is 1.62 bits per heavy atom. The van der Waals surface area contributed by atoms with Crippen molar-refractivity contribution in [1.82, 2.24) is 0 Å². The summed E-state index contributed by atoms with van der Waals surface area (Å²) in [5.74, 6) is 0.509. The van der Waals surface area contributed by atoms with Crippen molar-refractivity contribution in [2.75, 3.05) is 12.0 Å². The zero-order valence-corrected chi connectivity index (χ0v) is 14.5. The highest BCUT2D eigenvalue weighted by Crippen LogP contribution is 2.37. The molecule has 26 heavy (non-hydrogen) atoms. The molecule has 0 radical (unpaired) electrons. The number of fused-ring (bicyclic) bond motifs is 1. The molecule has 0 saturated heterocycles. The van der Waals surface area contributed by atoms with Gasteiger partial charge < -0.3 is 14.4 Å². The average molecular weight is 345 g/mol. The van der Waals surface area contributed by atoms with Gasteiger partial charge in [-0.15, -0.1) is 0 Å². The molecule has 1 aliphatic heterocycles. The lowest BCUT2D eigenvalue weighted by Crippen LogP contribution is -2.28. The monoisotopic (exact) mass is 345 g/mol. The second kappa shape index (κ2) is 6.92. The van der Waals surface area contributed by atoms with E-state index in [1.165, 1.54) is 0 Å². The molecule has 0 bridgehead atoms. The van der Waals surface area contributed by atoms with Crippen LogP contribution in [0.2, 0.25) is 0 Å². The van der Waals surface area contributed by atoms with Crippen molar-refractivity contribution in [3.8, 4) is 5.75 Å². The van der Waals surface area contributed by atoms with Crippen LogP contribution in [-0.4, -0.2) is 13.1 Å². The Kier molecular flexibility index (Phi) is 4.32. The van der Waals surface area contributed by atoms with Gasteiger partial charge in [0.2, 0.25) is 6.23 Å². The molecule has 130 valence electrons. The molecule has 1 atom stereocenters. The van der Waals surface area contributed by atoms with Gasteiger partial charge in [0, 0.05) is 17.8 Å². The van der Waals surface area contributed by atoms with Gasteiger partial charge in [-0.1, -0.05) is 48.5 Å². The predicted molar refractivity (Wildman–Crippen MR) is 100 cm³/mol. The minimum atomic E-state index is -0.452. The van der Waals surface area contributed by atoms with Crippen LogP contribution in [0.25, 0.3) is 0 Å². The van der Waals surface area contributed by atoms with E-state index in [1.54, 1.807) is 7.11 Å². The molecule has 1 aliphatic rings. The lowest BCUT2D eigenvalue weighted by Gasteiger charge is -2.30. The molecule has 4 nitrogen and oxygen atoms in total. The third-order valence-electron chi connectivity index (χ3n) is 4.55. The van der Waals surface area contributed by atoms with Crippen molar-refractivity contribution in [2.45, 2.75) is 12.8 Å². The summed E-state index contributed by atoms with van der Waals surface area (Å²) in [6, 6.07) is 25.5. The molecule has 3 aromatic carbocycles. The van der Waals surface area contributed by atoms with E-state index in [0.717, 1.165) is 22.6 Å². The number of carbonyl (C=O) groups is 1. The largest absolute Gasteiger partial charge is 0.497 e. The molecule has 3 aromatic rings. The zero-order chi connectivity index (χ0) is 17.9. The number of hydrogen-bond acceptors (Lipinski definition) is 4. The van der Waals surface area contributed by atoms with E-state index in [0.29, 0.717) is 12.1 Å². The summed E-state index contributed by atoms with van der Waals surface area (Å²) in [5, 5.41) is 0. The first-order valence-electron chi connectivity index (χ1n) is 8.51. The summed E-state index contributed by atoms with van der Waals surface area (Å²) in [6.07, 6.45) is -0.452. The second-order valence-corrected chi connectivity index (χ2v) is 6.16. The Morgan fingerprint density at radius 3 is 2.35 bits per heavy atom. The number of carbonyl (C=O) groups excluding carboxylic acids is 1. The maximum absolute atomic E-state index is 12.3. The summed E-state index contributed by atoms with van der Waals surface area (Å²) in [4.78, 5) is 14.4. The van der Waals surface area contributed by atoms with Crippen LogP contribution in [0, 0.1) is 0 Å². The van der Waals surface area contributed by atoms with E-state index >= 15 is 0 Å². The normalized spacial score (nSPS) is 15.3. The van der Waals surface area contributed by atoms with Crippen molar-refractivity contribution in [3.05, 3.63) is 95.6 Å². The van der Waals surface area contributed by atoms with Crippen LogP contribution in [0.3, 0.4) is 0 Å². The molecular weight excluding hydrogens is 326 g/mol. The van der Waals surface area contributed by atoms with E-state index in [-0.39, 0.29) is 5.97 Å². The number of nitrogens with zero attached hydrogens (tertiary/aromatic N) is 1. The van der Waals surface area contributed by atoms with Crippen LogP contribution in [0.4, 0.5) is 5.69 Å². The Bertz CT molecular complexity index is 906. The highest BCUT2D eigenvalue weighted by Gasteiger charge is 2.35. The zero-order valence-electron chi connectivity index (χ0n) is 14.5. The number of ether oxygens (including phenoxy) is 2. The fourth-order valence-electron chi connectivity index (χ4n) is 3.22. The van der Waals surface area contributed by atoms with Crippen molar-refractivity contribution in [1.29, 1.82) is 0 Å². The van der Waals surface area contributed by atoms with Gasteiger partial charge in [-0.3, -0.25) is 0 Å². The van der Waals surface area contributed by atoms with E-state index < -0.39 is 6.23 Å². The van der Waals surface area contributed by atoms with Gasteiger partial charge in [-0.05, 0) is 35.9 Å². The van der Waals surface area contributed by atoms with Crippen LogP contribution in [-0.2, 0) is 11.3 Å². The standard InChI is InChI=1S/C22H19NO3/c1-25-18-13-11-17(12-14-18)23(15-16-7-3-2-4-8-16)21-19-9-5-6-10-20(19)22(24)26-21/h2-14,21H,15H2,1H3. The first-order chi connectivity index (χ1) is 12.8. The number of hydrogen-bond donors (Lipinski definition) is 0. The van der Waals surface area contributed by atoms with Crippen LogP contribution in [0.15, 0.2) is 78.9 Å².